The summed E-state index contributed by atoms with van der Waals surface area (Å²) in [5.41, 5.74) is 2.28. The Hall–Kier alpha value is -2.88. The lowest BCUT2D eigenvalue weighted by Crippen LogP contribution is -2.28. The van der Waals surface area contributed by atoms with Gasteiger partial charge in [0, 0.05) is 25.0 Å². The molecule has 4 nitrogen and oxygen atoms in total. The first kappa shape index (κ1) is 16.0. The highest BCUT2D eigenvalue weighted by Gasteiger charge is 2.12. The summed E-state index contributed by atoms with van der Waals surface area (Å²) in [4.78, 5) is 24.5. The van der Waals surface area contributed by atoms with Gasteiger partial charge in [0.05, 0.1) is 11.1 Å². The highest BCUT2D eigenvalue weighted by atomic mass is 16.2. The Morgan fingerprint density at radius 2 is 1.75 bits per heavy atom. The number of nitrogens with zero attached hydrogens (tertiary/aromatic N) is 1. The molecule has 0 atom stereocenters. The Morgan fingerprint density at radius 3 is 2.54 bits per heavy atom. The number of carbonyl (C=O) groups is 1. The zero-order valence-electron chi connectivity index (χ0n) is 13.7. The largest absolute Gasteiger partial charge is 0.352 e. The minimum Gasteiger partial charge on any atom is -0.352 e. The fraction of sp³-hybridized carbons (Fsp3) is 0.200. The van der Waals surface area contributed by atoms with Crippen molar-refractivity contribution in [3.05, 3.63) is 82.1 Å². The van der Waals surface area contributed by atoms with Crippen molar-refractivity contribution in [3.63, 3.8) is 0 Å². The number of aromatic nitrogens is 1. The number of benzene rings is 2. The van der Waals surface area contributed by atoms with Gasteiger partial charge in [0.1, 0.15) is 0 Å². The number of aryl methyl sites for hydroxylation is 2. The lowest BCUT2D eigenvalue weighted by Gasteiger charge is -2.10. The van der Waals surface area contributed by atoms with Crippen LogP contribution in [0.15, 0.2) is 65.5 Å². The fourth-order valence-corrected chi connectivity index (χ4v) is 2.83. The standard InChI is InChI=1S/C20H20N2O2/c1-22-18-12-6-5-11-16(18)17(14-19(22)23)20(24)21-13-7-10-15-8-3-2-4-9-15/h2-6,8-9,11-12,14H,7,10,13H2,1H3,(H,21,24). The van der Waals surface area contributed by atoms with Crippen LogP contribution in [0, 0.1) is 0 Å². The maximum absolute atomic E-state index is 12.5. The molecule has 1 amide bonds. The lowest BCUT2D eigenvalue weighted by atomic mass is 10.1. The van der Waals surface area contributed by atoms with Crippen molar-refractivity contribution in [2.45, 2.75) is 12.8 Å². The van der Waals surface area contributed by atoms with Crippen LogP contribution in [0.25, 0.3) is 10.9 Å². The second kappa shape index (κ2) is 7.13. The molecule has 0 aliphatic carbocycles. The van der Waals surface area contributed by atoms with Crippen LogP contribution in [-0.2, 0) is 13.5 Å². The number of nitrogens with one attached hydrogen (secondary N) is 1. The van der Waals surface area contributed by atoms with Gasteiger partial charge in [-0.1, -0.05) is 48.5 Å². The minimum absolute atomic E-state index is 0.178. The SMILES string of the molecule is Cn1c(=O)cc(C(=O)NCCCc2ccccc2)c2ccccc21. The van der Waals surface area contributed by atoms with E-state index in [9.17, 15) is 9.59 Å². The Bertz CT molecular complexity index is 914. The number of para-hydroxylation sites is 1. The summed E-state index contributed by atoms with van der Waals surface area (Å²) in [7, 11) is 1.71. The number of hydrogen-bond acceptors (Lipinski definition) is 2. The second-order valence-corrected chi connectivity index (χ2v) is 5.82. The molecule has 1 N–H and O–H groups in total. The molecular weight excluding hydrogens is 300 g/mol. The molecule has 0 saturated carbocycles. The highest BCUT2D eigenvalue weighted by Crippen LogP contribution is 2.16. The first-order valence-corrected chi connectivity index (χ1v) is 8.08. The van der Waals surface area contributed by atoms with Gasteiger partial charge >= 0.3 is 0 Å². The molecule has 122 valence electrons. The summed E-state index contributed by atoms with van der Waals surface area (Å²) in [6, 6.07) is 19.0. The maximum Gasteiger partial charge on any atom is 0.252 e. The average molecular weight is 320 g/mol. The monoisotopic (exact) mass is 320 g/mol. The van der Waals surface area contributed by atoms with Gasteiger partial charge in [-0.25, -0.2) is 0 Å². The predicted molar refractivity (Wildman–Crippen MR) is 96.3 cm³/mol. The number of carbonyl (C=O) groups excluding carboxylic acids is 1. The molecule has 0 spiro atoms. The molecule has 1 aromatic heterocycles. The zero-order valence-corrected chi connectivity index (χ0v) is 13.7. The molecule has 4 heteroatoms. The number of hydrogen-bond donors (Lipinski definition) is 1. The van der Waals surface area contributed by atoms with E-state index in [4.69, 9.17) is 0 Å². The molecule has 3 rings (SSSR count). The van der Waals surface area contributed by atoms with Gasteiger partial charge in [-0.15, -0.1) is 0 Å². The van der Waals surface area contributed by atoms with Crippen molar-refractivity contribution < 1.29 is 4.79 Å². The number of fused-ring (bicyclic) bond motifs is 1. The van der Waals surface area contributed by atoms with Gasteiger partial charge in [-0.05, 0) is 24.5 Å². The quantitative estimate of drug-likeness (QED) is 0.735. The van der Waals surface area contributed by atoms with Crippen LogP contribution < -0.4 is 10.9 Å². The molecule has 3 aromatic rings. The summed E-state index contributed by atoms with van der Waals surface area (Å²) >= 11 is 0. The molecule has 1 heterocycles. The molecule has 0 saturated heterocycles. The molecule has 0 bridgehead atoms. The van der Waals surface area contributed by atoms with E-state index in [2.05, 4.69) is 17.4 Å². The molecule has 0 aliphatic rings. The summed E-state index contributed by atoms with van der Waals surface area (Å²) in [5.74, 6) is -0.197. The van der Waals surface area contributed by atoms with E-state index in [0.717, 1.165) is 23.7 Å². The minimum atomic E-state index is -0.197. The Kier molecular flexibility index (Phi) is 4.75. The van der Waals surface area contributed by atoms with E-state index in [1.54, 1.807) is 11.6 Å². The van der Waals surface area contributed by atoms with Gasteiger partial charge in [0.25, 0.3) is 11.5 Å². The van der Waals surface area contributed by atoms with Crippen molar-refractivity contribution in [2.75, 3.05) is 6.54 Å². The van der Waals surface area contributed by atoms with Gasteiger partial charge in [-0.3, -0.25) is 9.59 Å². The Balaban J connectivity index is 1.70. The van der Waals surface area contributed by atoms with Crippen molar-refractivity contribution in [3.8, 4) is 0 Å². The van der Waals surface area contributed by atoms with Gasteiger partial charge < -0.3 is 9.88 Å². The lowest BCUT2D eigenvalue weighted by molar-refractivity contribution is 0.0954. The average Bonchev–Trinajstić information content (AvgIpc) is 2.62. The molecule has 0 aliphatic heterocycles. The van der Waals surface area contributed by atoms with Crippen LogP contribution in [0.5, 0.6) is 0 Å². The van der Waals surface area contributed by atoms with Crippen molar-refractivity contribution in [1.82, 2.24) is 9.88 Å². The van der Waals surface area contributed by atoms with Crippen LogP contribution in [0.3, 0.4) is 0 Å². The summed E-state index contributed by atoms with van der Waals surface area (Å²) in [6.07, 6.45) is 1.77. The van der Waals surface area contributed by atoms with Crippen molar-refractivity contribution in [1.29, 1.82) is 0 Å². The van der Waals surface area contributed by atoms with Crippen LogP contribution >= 0.6 is 0 Å². The van der Waals surface area contributed by atoms with E-state index in [-0.39, 0.29) is 11.5 Å². The van der Waals surface area contributed by atoms with E-state index < -0.39 is 0 Å². The maximum atomic E-state index is 12.5. The van der Waals surface area contributed by atoms with E-state index >= 15 is 0 Å². The number of amides is 1. The molecule has 24 heavy (non-hydrogen) atoms. The van der Waals surface area contributed by atoms with Gasteiger partial charge in [0.15, 0.2) is 0 Å². The third-order valence-electron chi connectivity index (χ3n) is 4.17. The van der Waals surface area contributed by atoms with Crippen LogP contribution in [-0.4, -0.2) is 17.0 Å². The third-order valence-corrected chi connectivity index (χ3v) is 4.17. The topological polar surface area (TPSA) is 51.1 Å². The summed E-state index contributed by atoms with van der Waals surface area (Å²) in [5, 5.41) is 3.71. The first-order chi connectivity index (χ1) is 11.7. The number of pyridine rings is 1. The Labute approximate surface area is 140 Å². The first-order valence-electron chi connectivity index (χ1n) is 8.08. The highest BCUT2D eigenvalue weighted by molar-refractivity contribution is 6.06. The molecule has 0 radical (unpaired) electrons. The van der Waals surface area contributed by atoms with Crippen LogP contribution in [0.4, 0.5) is 0 Å². The van der Waals surface area contributed by atoms with E-state index in [1.807, 2.05) is 42.5 Å². The Morgan fingerprint density at radius 1 is 1.04 bits per heavy atom. The zero-order chi connectivity index (χ0) is 16.9. The van der Waals surface area contributed by atoms with Gasteiger partial charge in [0.2, 0.25) is 0 Å². The third kappa shape index (κ3) is 3.38. The van der Waals surface area contributed by atoms with E-state index in [0.29, 0.717) is 12.1 Å². The van der Waals surface area contributed by atoms with Gasteiger partial charge in [-0.2, -0.15) is 0 Å². The number of rotatable bonds is 5. The van der Waals surface area contributed by atoms with Crippen LogP contribution in [0.1, 0.15) is 22.3 Å². The molecule has 0 fully saturated rings. The van der Waals surface area contributed by atoms with Crippen molar-refractivity contribution >= 4 is 16.8 Å². The fourth-order valence-electron chi connectivity index (χ4n) is 2.83. The van der Waals surface area contributed by atoms with Crippen molar-refractivity contribution in [2.24, 2.45) is 7.05 Å². The smallest absolute Gasteiger partial charge is 0.252 e. The molecule has 2 aromatic carbocycles. The summed E-state index contributed by atoms with van der Waals surface area (Å²) < 4.78 is 1.56. The second-order valence-electron chi connectivity index (χ2n) is 5.82. The molecule has 0 unspecified atom stereocenters. The normalized spacial score (nSPS) is 10.7. The predicted octanol–water partition coefficient (Wildman–Crippen LogP) is 2.90. The molecular formula is C20H20N2O2. The summed E-state index contributed by atoms with van der Waals surface area (Å²) in [6.45, 7) is 0.581. The van der Waals surface area contributed by atoms with E-state index in [1.165, 1.54) is 11.6 Å². The van der Waals surface area contributed by atoms with Crippen LogP contribution in [0.2, 0.25) is 0 Å².